The van der Waals surface area contributed by atoms with Crippen LogP contribution in [0.3, 0.4) is 0 Å². The largest absolute Gasteiger partial charge is 0.497 e. The van der Waals surface area contributed by atoms with Crippen molar-refractivity contribution in [3.8, 4) is 11.8 Å². The summed E-state index contributed by atoms with van der Waals surface area (Å²) in [6, 6.07) is 6.06. The summed E-state index contributed by atoms with van der Waals surface area (Å²) in [4.78, 5) is 13.7. The normalized spacial score (nSPS) is 21.6. The fourth-order valence-corrected chi connectivity index (χ4v) is 4.44. The van der Waals surface area contributed by atoms with E-state index in [2.05, 4.69) is 0 Å². The van der Waals surface area contributed by atoms with Gasteiger partial charge in [-0.1, -0.05) is 12.1 Å². The highest BCUT2D eigenvalue weighted by Gasteiger charge is 2.47. The molecule has 2 unspecified atom stereocenters. The molecule has 1 fully saturated rings. The number of hydrogen-bond acceptors (Lipinski definition) is 6. The monoisotopic (exact) mass is 397 g/mol. The van der Waals surface area contributed by atoms with E-state index in [-0.39, 0.29) is 18.7 Å². The molecule has 0 saturated carbocycles. The maximum atomic E-state index is 13.6. The van der Waals surface area contributed by atoms with Gasteiger partial charge in [0, 0.05) is 6.42 Å². The molecule has 0 radical (unpaired) electrons. The smallest absolute Gasteiger partial charge is 0.242 e. The molecule has 1 aromatic carbocycles. The lowest BCUT2D eigenvalue weighted by atomic mass is 10.0. The molecule has 7 nitrogen and oxygen atoms in total. The fourth-order valence-electron chi connectivity index (χ4n) is 2.95. The van der Waals surface area contributed by atoms with Crippen molar-refractivity contribution >= 4 is 15.7 Å². The molecular weight excluding hydrogens is 373 g/mol. The van der Waals surface area contributed by atoms with E-state index in [1.807, 2.05) is 6.07 Å². The Labute approximate surface area is 158 Å². The van der Waals surface area contributed by atoms with Crippen molar-refractivity contribution in [3.05, 3.63) is 29.8 Å². The molecule has 148 valence electrons. The van der Waals surface area contributed by atoms with Gasteiger partial charge in [0.1, 0.15) is 24.0 Å². The van der Waals surface area contributed by atoms with Gasteiger partial charge in [0.25, 0.3) is 0 Å². The van der Waals surface area contributed by atoms with Crippen molar-refractivity contribution in [2.24, 2.45) is 5.73 Å². The van der Waals surface area contributed by atoms with E-state index < -0.39 is 38.7 Å². The summed E-state index contributed by atoms with van der Waals surface area (Å²) in [7, 11) is -2.33. The van der Waals surface area contributed by atoms with Gasteiger partial charge in [-0.25, -0.2) is 12.8 Å². The first-order valence-corrected chi connectivity index (χ1v) is 10.1. The van der Waals surface area contributed by atoms with E-state index in [0.717, 1.165) is 4.90 Å². The molecule has 3 atom stereocenters. The number of sulfone groups is 1. The maximum Gasteiger partial charge on any atom is 0.242 e. The summed E-state index contributed by atoms with van der Waals surface area (Å²) in [5.41, 5.74) is 6.53. The zero-order valence-electron chi connectivity index (χ0n) is 15.6. The number of methoxy groups -OCH3 is 1. The van der Waals surface area contributed by atoms with Crippen LogP contribution in [-0.4, -0.2) is 55.9 Å². The summed E-state index contributed by atoms with van der Waals surface area (Å²) in [6.45, 7) is 2.50. The second-order valence-electron chi connectivity index (χ2n) is 7.16. The summed E-state index contributed by atoms with van der Waals surface area (Å²) in [6.07, 6.45) is -1.40. The van der Waals surface area contributed by atoms with Crippen molar-refractivity contribution in [2.45, 2.75) is 49.0 Å². The van der Waals surface area contributed by atoms with Crippen LogP contribution in [0.25, 0.3) is 0 Å². The highest BCUT2D eigenvalue weighted by molar-refractivity contribution is 7.92. The minimum atomic E-state index is -3.83. The fraction of sp³-hybridized carbons (Fsp3) is 0.556. The second-order valence-corrected chi connectivity index (χ2v) is 9.73. The van der Waals surface area contributed by atoms with Gasteiger partial charge in [-0.3, -0.25) is 4.79 Å². The number of benzene rings is 1. The Morgan fingerprint density at radius 1 is 1.44 bits per heavy atom. The molecule has 1 aliphatic heterocycles. The van der Waals surface area contributed by atoms with Gasteiger partial charge in [-0.15, -0.1) is 0 Å². The number of nitrogens with two attached hydrogens (primary N) is 1. The average Bonchev–Trinajstić information content (AvgIpc) is 3.01. The van der Waals surface area contributed by atoms with Crippen molar-refractivity contribution in [3.63, 3.8) is 0 Å². The van der Waals surface area contributed by atoms with Crippen LogP contribution in [-0.2, 0) is 20.4 Å². The minimum Gasteiger partial charge on any atom is -0.497 e. The van der Waals surface area contributed by atoms with Gasteiger partial charge in [0.15, 0.2) is 9.84 Å². The molecule has 1 aromatic rings. The van der Waals surface area contributed by atoms with Gasteiger partial charge in [-0.05, 0) is 31.5 Å². The minimum absolute atomic E-state index is 0.0893. The number of hydrogen-bond donors (Lipinski definition) is 1. The lowest BCUT2D eigenvalue weighted by molar-refractivity contribution is -0.133. The van der Waals surface area contributed by atoms with E-state index in [0.29, 0.717) is 11.3 Å². The predicted molar refractivity (Wildman–Crippen MR) is 98.3 cm³/mol. The third kappa shape index (κ3) is 4.22. The molecule has 1 heterocycles. The molecule has 1 amide bonds. The van der Waals surface area contributed by atoms with Gasteiger partial charge in [0.2, 0.25) is 5.91 Å². The molecule has 2 N–H and O–H groups in total. The number of rotatable bonds is 6. The maximum absolute atomic E-state index is 13.6. The van der Waals surface area contributed by atoms with Gasteiger partial charge < -0.3 is 15.4 Å². The first-order valence-electron chi connectivity index (χ1n) is 8.48. The molecule has 27 heavy (non-hydrogen) atoms. The van der Waals surface area contributed by atoms with Crippen LogP contribution in [0.4, 0.5) is 4.39 Å². The lowest BCUT2D eigenvalue weighted by Crippen LogP contribution is -2.59. The highest BCUT2D eigenvalue weighted by atomic mass is 32.2. The summed E-state index contributed by atoms with van der Waals surface area (Å²) < 4.78 is 42.9. The molecule has 0 spiro atoms. The van der Waals surface area contributed by atoms with Crippen LogP contribution < -0.4 is 10.5 Å². The number of amides is 1. The first kappa shape index (κ1) is 21.1. The number of halogens is 1. The van der Waals surface area contributed by atoms with Crippen LogP contribution in [0.15, 0.2) is 24.3 Å². The van der Waals surface area contributed by atoms with E-state index in [9.17, 15) is 17.6 Å². The van der Waals surface area contributed by atoms with Crippen molar-refractivity contribution in [1.82, 2.24) is 4.90 Å². The van der Waals surface area contributed by atoms with Gasteiger partial charge in [-0.2, -0.15) is 5.26 Å². The van der Waals surface area contributed by atoms with Crippen LogP contribution in [0.5, 0.6) is 5.75 Å². The van der Waals surface area contributed by atoms with E-state index in [1.165, 1.54) is 21.0 Å². The number of nitrogens with zero attached hydrogens (tertiary/aromatic N) is 2. The Balaban J connectivity index is 2.21. The number of nitriles is 1. The number of carbonyl (C=O) groups is 1. The Morgan fingerprint density at radius 2 is 2.04 bits per heavy atom. The lowest BCUT2D eigenvalue weighted by Gasteiger charge is -2.33. The third-order valence-electron chi connectivity index (χ3n) is 5.01. The Kier molecular flexibility index (Phi) is 6.12. The molecule has 0 bridgehead atoms. The van der Waals surface area contributed by atoms with E-state index in [4.69, 9.17) is 15.7 Å². The van der Waals surface area contributed by atoms with Crippen LogP contribution in [0, 0.1) is 11.3 Å². The zero-order chi connectivity index (χ0) is 20.4. The molecule has 1 saturated heterocycles. The van der Waals surface area contributed by atoms with Gasteiger partial charge >= 0.3 is 0 Å². The molecule has 0 aliphatic carbocycles. The number of ether oxygens (including phenoxy) is 1. The quantitative estimate of drug-likeness (QED) is 0.771. The SMILES string of the molecule is COc1ccc(CS(=O)(=O)C(C)(C)[C@H](N)C(=O)N2CC(F)CC2C#N)cc1. The topological polar surface area (TPSA) is 113 Å². The van der Waals surface area contributed by atoms with E-state index in [1.54, 1.807) is 24.3 Å². The van der Waals surface area contributed by atoms with Crippen LogP contribution in [0.1, 0.15) is 25.8 Å². The third-order valence-corrected chi connectivity index (χ3v) is 7.58. The number of carbonyl (C=O) groups excluding carboxylic acids is 1. The Morgan fingerprint density at radius 3 is 2.56 bits per heavy atom. The first-order chi connectivity index (χ1) is 12.5. The van der Waals surface area contributed by atoms with Crippen molar-refractivity contribution in [1.29, 1.82) is 5.26 Å². The summed E-state index contributed by atoms with van der Waals surface area (Å²) >= 11 is 0. The number of alkyl halides is 1. The molecule has 0 aromatic heterocycles. The zero-order valence-corrected chi connectivity index (χ0v) is 16.4. The predicted octanol–water partition coefficient (Wildman–Crippen LogP) is 1.18. The molecule has 1 aliphatic rings. The number of likely N-dealkylation sites (tertiary alicyclic amines) is 1. The average molecular weight is 397 g/mol. The van der Waals surface area contributed by atoms with Crippen molar-refractivity contribution in [2.75, 3.05) is 13.7 Å². The second kappa shape index (κ2) is 7.82. The molecule has 9 heteroatoms. The van der Waals surface area contributed by atoms with Crippen LogP contribution >= 0.6 is 0 Å². The standard InChI is InChI=1S/C18H24FN3O4S/c1-18(2,16(21)17(23)22-10-13(19)8-14(22)9-20)27(24,25)11-12-4-6-15(26-3)7-5-12/h4-7,13-14,16H,8,10-11,21H2,1-3H3/t13?,14?,16-/m1/s1. The highest BCUT2D eigenvalue weighted by Crippen LogP contribution is 2.28. The Bertz CT molecular complexity index is 833. The van der Waals surface area contributed by atoms with Gasteiger partial charge in [0.05, 0.1) is 30.2 Å². The molecular formula is C18H24FN3O4S. The van der Waals surface area contributed by atoms with E-state index >= 15 is 0 Å². The van der Waals surface area contributed by atoms with Crippen molar-refractivity contribution < 1.29 is 22.3 Å². The van der Waals surface area contributed by atoms with Crippen LogP contribution in [0.2, 0.25) is 0 Å². The molecule has 2 rings (SSSR count). The Hall–Kier alpha value is -2.18. The summed E-state index contributed by atoms with van der Waals surface area (Å²) in [5.74, 6) is -0.442. The summed E-state index contributed by atoms with van der Waals surface area (Å²) in [5, 5.41) is 9.11.